The van der Waals surface area contributed by atoms with Crippen molar-refractivity contribution in [1.82, 2.24) is 0 Å². The summed E-state index contributed by atoms with van der Waals surface area (Å²) in [5.41, 5.74) is 1.36. The van der Waals surface area contributed by atoms with Crippen molar-refractivity contribution in [3.8, 4) is 0 Å². The number of hydrogen-bond acceptors (Lipinski definition) is 7. The average molecular weight is 373 g/mol. The number of nitrogens with one attached hydrogen (secondary N) is 1. The summed E-state index contributed by atoms with van der Waals surface area (Å²) in [6.45, 7) is 0.474. The summed E-state index contributed by atoms with van der Waals surface area (Å²) < 4.78 is 5.36. The van der Waals surface area contributed by atoms with Crippen LogP contribution in [0.15, 0.2) is 48.5 Å². The summed E-state index contributed by atoms with van der Waals surface area (Å²) in [5.74, 6) is -0.268. The zero-order chi connectivity index (χ0) is 19.4. The molecule has 3 rings (SSSR count). The summed E-state index contributed by atoms with van der Waals surface area (Å²) in [5, 5.41) is 35.3. The Morgan fingerprint density at radius 1 is 1.00 bits per heavy atom. The summed E-state index contributed by atoms with van der Waals surface area (Å²) >= 11 is 0. The Labute approximate surface area is 154 Å². The van der Waals surface area contributed by atoms with E-state index in [4.69, 9.17) is 4.74 Å². The first-order valence-electron chi connectivity index (χ1n) is 8.51. The molecule has 2 N–H and O–H groups in total. The molecule has 142 valence electrons. The van der Waals surface area contributed by atoms with Crippen LogP contribution in [0.25, 0.3) is 0 Å². The van der Waals surface area contributed by atoms with Gasteiger partial charge in [-0.05, 0) is 30.5 Å². The molecular formula is C18H19N3O6. The van der Waals surface area contributed by atoms with E-state index in [0.29, 0.717) is 18.7 Å². The van der Waals surface area contributed by atoms with Gasteiger partial charge in [0.2, 0.25) is 0 Å². The fraction of sp³-hybridized carbons (Fsp3) is 0.333. The molecule has 3 atom stereocenters. The molecule has 1 saturated heterocycles. The Morgan fingerprint density at radius 3 is 2.07 bits per heavy atom. The van der Waals surface area contributed by atoms with Crippen molar-refractivity contribution in [2.24, 2.45) is 5.92 Å². The summed E-state index contributed by atoms with van der Waals surface area (Å²) in [6, 6.07) is 11.7. The molecule has 1 unspecified atom stereocenters. The number of rotatable bonds is 6. The van der Waals surface area contributed by atoms with Gasteiger partial charge in [-0.1, -0.05) is 12.1 Å². The van der Waals surface area contributed by atoms with Crippen LogP contribution < -0.4 is 5.32 Å². The minimum absolute atomic E-state index is 0.0199. The van der Waals surface area contributed by atoms with E-state index in [1.54, 1.807) is 24.3 Å². The normalized spacial score (nSPS) is 20.6. The van der Waals surface area contributed by atoms with Gasteiger partial charge in [-0.3, -0.25) is 20.2 Å². The van der Waals surface area contributed by atoms with E-state index in [2.05, 4.69) is 5.32 Å². The number of anilines is 1. The van der Waals surface area contributed by atoms with Crippen LogP contribution in [-0.4, -0.2) is 27.9 Å². The molecule has 1 aliphatic heterocycles. The van der Waals surface area contributed by atoms with E-state index >= 15 is 0 Å². The first kappa shape index (κ1) is 18.7. The highest BCUT2D eigenvalue weighted by Crippen LogP contribution is 2.35. The Morgan fingerprint density at radius 2 is 1.56 bits per heavy atom. The second-order valence-corrected chi connectivity index (χ2v) is 6.34. The molecule has 1 aliphatic rings. The SMILES string of the molecule is O=[N+]([O-])c1ccc(NC(c2ccc([N+](=O)[O-])cc2)[C@@H]2CCCO[C@@H]2O)cc1. The van der Waals surface area contributed by atoms with Gasteiger partial charge in [0, 0.05) is 42.5 Å². The van der Waals surface area contributed by atoms with Gasteiger partial charge in [0.15, 0.2) is 6.29 Å². The largest absolute Gasteiger partial charge is 0.378 e. The molecule has 9 heteroatoms. The van der Waals surface area contributed by atoms with E-state index in [1.807, 2.05) is 0 Å². The molecule has 0 saturated carbocycles. The Bertz CT molecular complexity index is 809. The summed E-state index contributed by atoms with van der Waals surface area (Å²) in [4.78, 5) is 20.8. The first-order chi connectivity index (χ1) is 13.0. The van der Waals surface area contributed by atoms with E-state index in [0.717, 1.165) is 12.0 Å². The molecule has 0 aromatic heterocycles. The van der Waals surface area contributed by atoms with Gasteiger partial charge >= 0.3 is 0 Å². The topological polar surface area (TPSA) is 128 Å². The fourth-order valence-corrected chi connectivity index (χ4v) is 3.22. The summed E-state index contributed by atoms with van der Waals surface area (Å²) in [7, 11) is 0. The van der Waals surface area contributed by atoms with Crippen LogP contribution in [-0.2, 0) is 4.74 Å². The van der Waals surface area contributed by atoms with E-state index in [-0.39, 0.29) is 23.3 Å². The zero-order valence-corrected chi connectivity index (χ0v) is 14.4. The maximum absolute atomic E-state index is 10.9. The number of nitro benzene ring substituents is 2. The number of aliphatic hydroxyl groups is 1. The minimum atomic E-state index is -0.968. The van der Waals surface area contributed by atoms with Gasteiger partial charge in [-0.2, -0.15) is 0 Å². The lowest BCUT2D eigenvalue weighted by atomic mass is 9.87. The quantitative estimate of drug-likeness (QED) is 0.586. The van der Waals surface area contributed by atoms with Crippen molar-refractivity contribution < 1.29 is 19.7 Å². The van der Waals surface area contributed by atoms with Crippen LogP contribution in [0.2, 0.25) is 0 Å². The number of aliphatic hydroxyl groups excluding tert-OH is 1. The van der Waals surface area contributed by atoms with Crippen molar-refractivity contribution in [3.63, 3.8) is 0 Å². The number of nitrogens with zero attached hydrogens (tertiary/aromatic N) is 2. The van der Waals surface area contributed by atoms with Crippen LogP contribution in [0.3, 0.4) is 0 Å². The standard InChI is InChI=1S/C18H19N3O6/c22-18-16(2-1-11-27-18)17(12-3-7-14(8-4-12)20(23)24)19-13-5-9-15(10-6-13)21(25)26/h3-10,16-19,22H,1-2,11H2/t16-,17?,18-/m0/s1. The van der Waals surface area contributed by atoms with Gasteiger partial charge in [-0.15, -0.1) is 0 Å². The predicted molar refractivity (Wildman–Crippen MR) is 97.2 cm³/mol. The van der Waals surface area contributed by atoms with Gasteiger partial charge < -0.3 is 15.2 Å². The Hall–Kier alpha value is -3.04. The van der Waals surface area contributed by atoms with E-state index < -0.39 is 16.1 Å². The zero-order valence-electron chi connectivity index (χ0n) is 14.4. The van der Waals surface area contributed by atoms with Crippen LogP contribution in [0.5, 0.6) is 0 Å². The van der Waals surface area contributed by atoms with Gasteiger partial charge in [0.05, 0.1) is 15.9 Å². The van der Waals surface area contributed by atoms with Crippen LogP contribution >= 0.6 is 0 Å². The highest BCUT2D eigenvalue weighted by atomic mass is 16.6. The minimum Gasteiger partial charge on any atom is -0.378 e. The third-order valence-corrected chi connectivity index (χ3v) is 4.63. The smallest absolute Gasteiger partial charge is 0.269 e. The second kappa shape index (κ2) is 8.11. The lowest BCUT2D eigenvalue weighted by molar-refractivity contribution is -0.385. The molecule has 27 heavy (non-hydrogen) atoms. The molecule has 1 heterocycles. The molecule has 0 aliphatic carbocycles. The lowest BCUT2D eigenvalue weighted by Crippen LogP contribution is -2.36. The van der Waals surface area contributed by atoms with E-state index in [9.17, 15) is 25.3 Å². The molecule has 2 aromatic rings. The van der Waals surface area contributed by atoms with E-state index in [1.165, 1.54) is 24.3 Å². The molecular weight excluding hydrogens is 354 g/mol. The number of nitro groups is 2. The number of non-ortho nitro benzene ring substituents is 2. The Balaban J connectivity index is 1.89. The van der Waals surface area contributed by atoms with Crippen molar-refractivity contribution in [1.29, 1.82) is 0 Å². The van der Waals surface area contributed by atoms with Crippen molar-refractivity contribution in [2.45, 2.75) is 25.2 Å². The third-order valence-electron chi connectivity index (χ3n) is 4.63. The predicted octanol–water partition coefficient (Wildman–Crippen LogP) is 3.40. The van der Waals surface area contributed by atoms with Crippen LogP contribution in [0, 0.1) is 26.1 Å². The van der Waals surface area contributed by atoms with Gasteiger partial charge in [0.1, 0.15) is 0 Å². The molecule has 2 aromatic carbocycles. The Kier molecular flexibility index (Phi) is 5.63. The third kappa shape index (κ3) is 4.39. The van der Waals surface area contributed by atoms with Crippen molar-refractivity contribution in [3.05, 3.63) is 74.3 Å². The van der Waals surface area contributed by atoms with Crippen LogP contribution in [0.4, 0.5) is 17.1 Å². The molecule has 0 bridgehead atoms. The maximum Gasteiger partial charge on any atom is 0.269 e. The molecule has 0 spiro atoms. The second-order valence-electron chi connectivity index (χ2n) is 6.34. The van der Waals surface area contributed by atoms with Gasteiger partial charge in [0.25, 0.3) is 11.4 Å². The fourth-order valence-electron chi connectivity index (χ4n) is 3.22. The molecule has 0 amide bonds. The molecule has 1 fully saturated rings. The highest BCUT2D eigenvalue weighted by Gasteiger charge is 2.33. The van der Waals surface area contributed by atoms with Crippen molar-refractivity contribution >= 4 is 17.1 Å². The monoisotopic (exact) mass is 373 g/mol. The first-order valence-corrected chi connectivity index (χ1v) is 8.51. The molecule has 0 radical (unpaired) electrons. The van der Waals surface area contributed by atoms with Crippen molar-refractivity contribution in [2.75, 3.05) is 11.9 Å². The molecule has 9 nitrogen and oxygen atoms in total. The summed E-state index contributed by atoms with van der Waals surface area (Å²) in [6.07, 6.45) is 0.528. The maximum atomic E-state index is 10.9. The number of hydrogen-bond donors (Lipinski definition) is 2. The lowest BCUT2D eigenvalue weighted by Gasteiger charge is -2.35. The number of ether oxygens (including phenoxy) is 1. The average Bonchev–Trinajstić information content (AvgIpc) is 2.67. The van der Waals surface area contributed by atoms with Crippen LogP contribution in [0.1, 0.15) is 24.4 Å². The number of benzene rings is 2. The highest BCUT2D eigenvalue weighted by molar-refractivity contribution is 5.50. The van der Waals surface area contributed by atoms with Gasteiger partial charge in [-0.25, -0.2) is 0 Å².